The molecule has 2 amide bonds. The largest absolute Gasteiger partial charge is 0.343 e. The lowest BCUT2D eigenvalue weighted by Crippen LogP contribution is -2.44. The molecule has 3 heterocycles. The Morgan fingerprint density at radius 1 is 1.09 bits per heavy atom. The SMILES string of the molecule is O=C(CCC1CCNC1)N1CCC(CN2CCCCC2=O)CC1. The smallest absolute Gasteiger partial charge is 0.222 e. The molecule has 1 unspecified atom stereocenters. The van der Waals surface area contributed by atoms with E-state index < -0.39 is 0 Å². The average Bonchev–Trinajstić information content (AvgIpc) is 3.09. The van der Waals surface area contributed by atoms with Crippen molar-refractivity contribution in [1.82, 2.24) is 15.1 Å². The van der Waals surface area contributed by atoms with Gasteiger partial charge in [0.05, 0.1) is 0 Å². The van der Waals surface area contributed by atoms with Gasteiger partial charge in [-0.3, -0.25) is 9.59 Å². The highest BCUT2D eigenvalue weighted by molar-refractivity contribution is 5.77. The molecule has 0 aliphatic carbocycles. The molecule has 5 nitrogen and oxygen atoms in total. The maximum atomic E-state index is 12.3. The van der Waals surface area contributed by atoms with E-state index in [1.54, 1.807) is 0 Å². The topological polar surface area (TPSA) is 52.7 Å². The van der Waals surface area contributed by atoms with Gasteiger partial charge in [0, 0.05) is 39.0 Å². The van der Waals surface area contributed by atoms with Crippen LogP contribution in [0.3, 0.4) is 0 Å². The molecule has 3 aliphatic rings. The molecule has 0 aromatic heterocycles. The molecule has 0 aromatic carbocycles. The van der Waals surface area contributed by atoms with Crippen molar-refractivity contribution in [2.24, 2.45) is 11.8 Å². The van der Waals surface area contributed by atoms with Crippen molar-refractivity contribution in [2.45, 2.75) is 51.4 Å². The van der Waals surface area contributed by atoms with Crippen molar-refractivity contribution in [3.8, 4) is 0 Å². The standard InChI is InChI=1S/C18H31N3O2/c22-17-3-1-2-10-21(17)14-16-7-11-20(12-8-16)18(23)5-4-15-6-9-19-13-15/h15-16,19H,1-14H2. The fourth-order valence-corrected chi connectivity index (χ4v) is 4.18. The number of likely N-dealkylation sites (tertiary alicyclic amines) is 2. The molecule has 23 heavy (non-hydrogen) atoms. The van der Waals surface area contributed by atoms with Gasteiger partial charge in [-0.1, -0.05) is 0 Å². The number of amides is 2. The van der Waals surface area contributed by atoms with E-state index >= 15 is 0 Å². The van der Waals surface area contributed by atoms with E-state index in [4.69, 9.17) is 0 Å². The maximum absolute atomic E-state index is 12.3. The van der Waals surface area contributed by atoms with Gasteiger partial charge in [-0.25, -0.2) is 0 Å². The number of hydrogen-bond acceptors (Lipinski definition) is 3. The third-order valence-corrected chi connectivity index (χ3v) is 5.80. The van der Waals surface area contributed by atoms with Gasteiger partial charge in [0.25, 0.3) is 0 Å². The number of carbonyl (C=O) groups is 2. The van der Waals surface area contributed by atoms with Crippen LogP contribution >= 0.6 is 0 Å². The molecule has 3 fully saturated rings. The predicted octanol–water partition coefficient (Wildman–Crippen LogP) is 1.63. The number of nitrogens with one attached hydrogen (secondary N) is 1. The maximum Gasteiger partial charge on any atom is 0.222 e. The van der Waals surface area contributed by atoms with Crippen LogP contribution in [-0.2, 0) is 9.59 Å². The van der Waals surface area contributed by atoms with Gasteiger partial charge in [0.15, 0.2) is 0 Å². The number of piperidine rings is 2. The first-order valence-electron chi connectivity index (χ1n) is 9.48. The van der Waals surface area contributed by atoms with Crippen LogP contribution in [0, 0.1) is 11.8 Å². The third kappa shape index (κ3) is 4.69. The van der Waals surface area contributed by atoms with Crippen molar-refractivity contribution in [3.05, 3.63) is 0 Å². The number of hydrogen-bond donors (Lipinski definition) is 1. The third-order valence-electron chi connectivity index (χ3n) is 5.80. The summed E-state index contributed by atoms with van der Waals surface area (Å²) in [7, 11) is 0. The highest BCUT2D eigenvalue weighted by atomic mass is 16.2. The summed E-state index contributed by atoms with van der Waals surface area (Å²) in [6.45, 7) is 5.81. The summed E-state index contributed by atoms with van der Waals surface area (Å²) in [6.07, 6.45) is 8.02. The quantitative estimate of drug-likeness (QED) is 0.837. The fourth-order valence-electron chi connectivity index (χ4n) is 4.18. The highest BCUT2D eigenvalue weighted by Gasteiger charge is 2.27. The average molecular weight is 321 g/mol. The van der Waals surface area contributed by atoms with Crippen molar-refractivity contribution >= 4 is 11.8 Å². The van der Waals surface area contributed by atoms with Crippen LogP contribution in [0.1, 0.15) is 51.4 Å². The van der Waals surface area contributed by atoms with E-state index in [1.807, 2.05) is 0 Å². The van der Waals surface area contributed by atoms with Gasteiger partial charge < -0.3 is 15.1 Å². The zero-order valence-electron chi connectivity index (χ0n) is 14.3. The molecule has 3 aliphatic heterocycles. The molecular weight excluding hydrogens is 290 g/mol. The summed E-state index contributed by atoms with van der Waals surface area (Å²) in [5, 5.41) is 3.37. The van der Waals surface area contributed by atoms with Gasteiger partial charge in [-0.05, 0) is 63.5 Å². The molecule has 0 bridgehead atoms. The number of nitrogens with zero attached hydrogens (tertiary/aromatic N) is 2. The lowest BCUT2D eigenvalue weighted by atomic mass is 9.94. The van der Waals surface area contributed by atoms with Gasteiger partial charge >= 0.3 is 0 Å². The van der Waals surface area contributed by atoms with Crippen molar-refractivity contribution < 1.29 is 9.59 Å². The minimum Gasteiger partial charge on any atom is -0.343 e. The zero-order chi connectivity index (χ0) is 16.1. The summed E-state index contributed by atoms with van der Waals surface area (Å²) in [5.41, 5.74) is 0. The first kappa shape index (κ1) is 16.7. The Labute approximate surface area is 139 Å². The van der Waals surface area contributed by atoms with Crippen LogP contribution in [-0.4, -0.2) is 60.9 Å². The van der Waals surface area contributed by atoms with E-state index in [-0.39, 0.29) is 0 Å². The molecular formula is C18H31N3O2. The Kier molecular flexibility index (Phi) is 5.92. The van der Waals surface area contributed by atoms with Crippen LogP contribution < -0.4 is 5.32 Å². The lowest BCUT2D eigenvalue weighted by molar-refractivity contribution is -0.136. The summed E-state index contributed by atoms with van der Waals surface area (Å²) in [6, 6.07) is 0. The minimum atomic E-state index is 0.333. The summed E-state index contributed by atoms with van der Waals surface area (Å²) >= 11 is 0. The first-order chi connectivity index (χ1) is 11.2. The van der Waals surface area contributed by atoms with E-state index in [2.05, 4.69) is 15.1 Å². The molecule has 1 atom stereocenters. The number of carbonyl (C=O) groups excluding carboxylic acids is 2. The molecule has 0 saturated carbocycles. The van der Waals surface area contributed by atoms with Gasteiger partial charge in [0.1, 0.15) is 0 Å². The lowest BCUT2D eigenvalue weighted by Gasteiger charge is -2.36. The van der Waals surface area contributed by atoms with Crippen LogP contribution in [0.4, 0.5) is 0 Å². The minimum absolute atomic E-state index is 0.333. The monoisotopic (exact) mass is 321 g/mol. The Hall–Kier alpha value is -1.10. The van der Waals surface area contributed by atoms with Crippen LogP contribution in [0.2, 0.25) is 0 Å². The van der Waals surface area contributed by atoms with Crippen molar-refractivity contribution in [3.63, 3.8) is 0 Å². The highest BCUT2D eigenvalue weighted by Crippen LogP contribution is 2.22. The Bertz CT molecular complexity index is 412. The molecule has 130 valence electrons. The van der Waals surface area contributed by atoms with Crippen LogP contribution in [0.15, 0.2) is 0 Å². The molecule has 5 heteroatoms. The molecule has 0 aromatic rings. The second-order valence-corrected chi connectivity index (χ2v) is 7.52. The molecule has 3 rings (SSSR count). The van der Waals surface area contributed by atoms with Crippen LogP contribution in [0.25, 0.3) is 0 Å². The van der Waals surface area contributed by atoms with E-state index in [1.165, 1.54) is 6.42 Å². The van der Waals surface area contributed by atoms with Crippen molar-refractivity contribution in [1.29, 1.82) is 0 Å². The van der Waals surface area contributed by atoms with Crippen LogP contribution in [0.5, 0.6) is 0 Å². The zero-order valence-corrected chi connectivity index (χ0v) is 14.3. The summed E-state index contributed by atoms with van der Waals surface area (Å²) in [4.78, 5) is 28.4. The first-order valence-corrected chi connectivity index (χ1v) is 9.48. The molecule has 3 saturated heterocycles. The van der Waals surface area contributed by atoms with Gasteiger partial charge in [-0.15, -0.1) is 0 Å². The van der Waals surface area contributed by atoms with Gasteiger partial charge in [-0.2, -0.15) is 0 Å². The van der Waals surface area contributed by atoms with Gasteiger partial charge in [0.2, 0.25) is 11.8 Å². The van der Waals surface area contributed by atoms with E-state index in [9.17, 15) is 9.59 Å². The second-order valence-electron chi connectivity index (χ2n) is 7.52. The molecule has 0 spiro atoms. The molecule has 0 radical (unpaired) electrons. The summed E-state index contributed by atoms with van der Waals surface area (Å²) in [5.74, 6) is 1.95. The Morgan fingerprint density at radius 3 is 2.61 bits per heavy atom. The van der Waals surface area contributed by atoms with E-state index in [0.29, 0.717) is 30.1 Å². The number of rotatable bonds is 5. The fraction of sp³-hybridized carbons (Fsp3) is 0.889. The molecule has 1 N–H and O–H groups in total. The Morgan fingerprint density at radius 2 is 1.91 bits per heavy atom. The van der Waals surface area contributed by atoms with E-state index in [0.717, 1.165) is 77.8 Å². The predicted molar refractivity (Wildman–Crippen MR) is 89.9 cm³/mol. The normalized spacial score (nSPS) is 26.8. The van der Waals surface area contributed by atoms with Crippen molar-refractivity contribution in [2.75, 3.05) is 39.3 Å². The summed E-state index contributed by atoms with van der Waals surface area (Å²) < 4.78 is 0. The second kappa shape index (κ2) is 8.13. The Balaban J connectivity index is 1.35.